The second-order valence-electron chi connectivity index (χ2n) is 11.7. The van der Waals surface area contributed by atoms with E-state index in [1.807, 2.05) is 0 Å². The number of nitrogens with one attached hydrogen (secondary N) is 3. The van der Waals surface area contributed by atoms with Crippen molar-refractivity contribution in [2.45, 2.75) is 105 Å². The predicted octanol–water partition coefficient (Wildman–Crippen LogP) is 5.36. The molecule has 1 atom stereocenters. The molecule has 3 N–H and O–H groups in total. The summed E-state index contributed by atoms with van der Waals surface area (Å²) in [6.45, 7) is 17.1. The maximum absolute atomic E-state index is 12.9. The molecule has 0 aliphatic carbocycles. The van der Waals surface area contributed by atoms with Gasteiger partial charge in [-0.05, 0) is 82.1 Å². The number of aromatic nitrogens is 1. The van der Waals surface area contributed by atoms with Crippen molar-refractivity contribution in [3.63, 3.8) is 0 Å². The molecule has 1 heterocycles. The average Bonchev–Trinajstić information content (AvgIpc) is 3.22. The average molecular weight is 586 g/mol. The van der Waals surface area contributed by atoms with E-state index in [-0.39, 0.29) is 31.7 Å². The van der Waals surface area contributed by atoms with Crippen LogP contribution in [0.15, 0.2) is 5.38 Å². The summed E-state index contributed by atoms with van der Waals surface area (Å²) in [6, 6.07) is -0.684. The van der Waals surface area contributed by atoms with Crippen LogP contribution >= 0.6 is 11.3 Å². The Bertz CT molecular complexity index is 1050. The van der Waals surface area contributed by atoms with Gasteiger partial charge in [-0.3, -0.25) is 10.7 Å². The van der Waals surface area contributed by atoms with Gasteiger partial charge in [-0.15, -0.1) is 11.3 Å². The molecular weight excluding hydrogens is 542 g/mol. The highest BCUT2D eigenvalue weighted by atomic mass is 32.1. The lowest BCUT2D eigenvalue weighted by Crippen LogP contribution is -2.49. The first-order valence-electron chi connectivity index (χ1n) is 12.9. The summed E-state index contributed by atoms with van der Waals surface area (Å²) in [6.07, 6.45) is -1.94. The second-order valence-corrected chi connectivity index (χ2v) is 12.6. The van der Waals surface area contributed by atoms with Crippen LogP contribution in [0, 0.1) is 5.41 Å². The number of hydrogen-bond donors (Lipinski definition) is 3. The van der Waals surface area contributed by atoms with Crippen LogP contribution in [0.4, 0.5) is 14.4 Å². The summed E-state index contributed by atoms with van der Waals surface area (Å²) < 4.78 is 21.0. The van der Waals surface area contributed by atoms with Gasteiger partial charge in [0.1, 0.15) is 21.8 Å². The van der Waals surface area contributed by atoms with Crippen molar-refractivity contribution in [3.8, 4) is 0 Å². The third-order valence-electron chi connectivity index (χ3n) is 4.37. The summed E-state index contributed by atoms with van der Waals surface area (Å²) >= 11 is 1.16. The number of ether oxygens (including phenoxy) is 4. The lowest BCUT2D eigenvalue weighted by Gasteiger charge is -2.28. The number of amides is 3. The molecule has 13 nitrogen and oxygen atoms in total. The minimum absolute atomic E-state index is 0.0495. The molecule has 0 spiro atoms. The second kappa shape index (κ2) is 14.3. The maximum Gasteiger partial charge on any atom is 0.417 e. The molecule has 1 unspecified atom stereocenters. The third-order valence-corrected chi connectivity index (χ3v) is 5.33. The van der Waals surface area contributed by atoms with E-state index >= 15 is 0 Å². The number of rotatable bonds is 8. The van der Waals surface area contributed by atoms with Gasteiger partial charge in [0.05, 0.1) is 12.6 Å². The van der Waals surface area contributed by atoms with Gasteiger partial charge in [-0.25, -0.2) is 29.1 Å². The molecule has 0 aliphatic rings. The van der Waals surface area contributed by atoms with Crippen LogP contribution in [0.2, 0.25) is 0 Å². The van der Waals surface area contributed by atoms with Crippen LogP contribution in [0.5, 0.6) is 0 Å². The van der Waals surface area contributed by atoms with Crippen molar-refractivity contribution >= 4 is 41.5 Å². The summed E-state index contributed by atoms with van der Waals surface area (Å²) in [4.78, 5) is 55.1. The molecule has 0 aliphatic heterocycles. The lowest BCUT2D eigenvalue weighted by molar-refractivity contribution is 0.0348. The van der Waals surface area contributed by atoms with Gasteiger partial charge in [0, 0.05) is 11.9 Å². The van der Waals surface area contributed by atoms with E-state index in [0.717, 1.165) is 16.2 Å². The number of hydrogen-bond acceptors (Lipinski definition) is 11. The normalized spacial score (nSPS) is 12.6. The van der Waals surface area contributed by atoms with E-state index in [1.165, 1.54) is 5.38 Å². The van der Waals surface area contributed by atoms with Crippen LogP contribution < -0.4 is 10.6 Å². The highest BCUT2D eigenvalue weighted by Gasteiger charge is 2.29. The molecule has 0 bridgehead atoms. The predicted molar refractivity (Wildman–Crippen MR) is 149 cm³/mol. The van der Waals surface area contributed by atoms with Crippen molar-refractivity contribution in [3.05, 3.63) is 16.1 Å². The van der Waals surface area contributed by atoms with Gasteiger partial charge in [-0.1, -0.05) is 0 Å². The van der Waals surface area contributed by atoms with E-state index in [2.05, 4.69) is 15.6 Å². The molecule has 0 saturated heterocycles. The molecular formula is C26H43N5O8S. The number of thiazole rings is 1. The zero-order valence-corrected chi connectivity index (χ0v) is 25.9. The zero-order valence-electron chi connectivity index (χ0n) is 25.1. The van der Waals surface area contributed by atoms with E-state index in [1.54, 1.807) is 69.2 Å². The standard InChI is InChI=1S/C26H43N5O8S/c1-11-36-19(32)17-15-40-18(28-17)16(29-21(33)37-24(2,3)4)13-12-14-31(23(35)39-26(8,9)10)20(27)30-22(34)38-25(5,6)7/h15-16H,11-14H2,1-10H3,(H,29,33)(H2,27,30,34). The van der Waals surface area contributed by atoms with Gasteiger partial charge < -0.3 is 24.3 Å². The third kappa shape index (κ3) is 13.6. The molecule has 0 aromatic carbocycles. The topological polar surface area (TPSA) is 169 Å². The van der Waals surface area contributed by atoms with Crippen molar-refractivity contribution in [1.29, 1.82) is 5.41 Å². The minimum atomic E-state index is -0.898. The maximum atomic E-state index is 12.9. The van der Waals surface area contributed by atoms with Gasteiger partial charge >= 0.3 is 24.2 Å². The fraction of sp³-hybridized carbons (Fsp3) is 0.692. The minimum Gasteiger partial charge on any atom is -0.461 e. The van der Waals surface area contributed by atoms with Gasteiger partial charge in [0.15, 0.2) is 5.69 Å². The fourth-order valence-corrected chi connectivity index (χ4v) is 3.86. The Kier molecular flexibility index (Phi) is 12.4. The Labute approximate surface area is 239 Å². The molecule has 0 saturated carbocycles. The van der Waals surface area contributed by atoms with E-state index < -0.39 is 53.1 Å². The molecule has 1 aromatic rings. The zero-order chi connectivity index (χ0) is 30.9. The highest BCUT2D eigenvalue weighted by Crippen LogP contribution is 2.24. The van der Waals surface area contributed by atoms with Crippen molar-refractivity contribution in [2.75, 3.05) is 13.2 Å². The lowest BCUT2D eigenvalue weighted by atomic mass is 10.1. The van der Waals surface area contributed by atoms with Gasteiger partial charge in [-0.2, -0.15) is 0 Å². The van der Waals surface area contributed by atoms with Crippen LogP contribution in [0.25, 0.3) is 0 Å². The number of carbonyl (C=O) groups excluding carboxylic acids is 4. The smallest absolute Gasteiger partial charge is 0.417 e. The highest BCUT2D eigenvalue weighted by molar-refractivity contribution is 7.09. The molecule has 14 heteroatoms. The number of esters is 1. The van der Waals surface area contributed by atoms with E-state index in [4.69, 9.17) is 24.4 Å². The van der Waals surface area contributed by atoms with Crippen molar-refractivity contribution in [1.82, 2.24) is 20.5 Å². The summed E-state index contributed by atoms with van der Waals surface area (Å²) in [7, 11) is 0. The van der Waals surface area contributed by atoms with Crippen LogP contribution in [0.3, 0.4) is 0 Å². The monoisotopic (exact) mass is 585 g/mol. The van der Waals surface area contributed by atoms with Crippen LogP contribution in [-0.4, -0.2) is 70.0 Å². The number of carbonyl (C=O) groups is 4. The van der Waals surface area contributed by atoms with Crippen molar-refractivity contribution in [2.24, 2.45) is 0 Å². The summed E-state index contributed by atoms with van der Waals surface area (Å²) in [5.41, 5.74) is -2.30. The largest absolute Gasteiger partial charge is 0.461 e. The number of guanidine groups is 1. The number of alkyl carbamates (subject to hydrolysis) is 2. The molecule has 1 rings (SSSR count). The Hall–Kier alpha value is -3.42. The molecule has 0 fully saturated rings. The summed E-state index contributed by atoms with van der Waals surface area (Å²) in [5, 5.41) is 15.3. The van der Waals surface area contributed by atoms with E-state index in [0.29, 0.717) is 5.01 Å². The Morgan fingerprint density at radius 2 is 1.50 bits per heavy atom. The van der Waals surface area contributed by atoms with Gasteiger partial charge in [0.2, 0.25) is 5.96 Å². The molecule has 226 valence electrons. The quantitative estimate of drug-likeness (QED) is 0.157. The first kappa shape index (κ1) is 34.6. The Morgan fingerprint density at radius 3 is 2.02 bits per heavy atom. The molecule has 40 heavy (non-hydrogen) atoms. The SMILES string of the molecule is CCOC(=O)c1csc(C(CCCN(C(=N)NC(=O)OC(C)(C)C)C(=O)OC(C)(C)C)NC(=O)OC(C)(C)C)n1. The molecule has 3 amide bonds. The fourth-order valence-electron chi connectivity index (χ4n) is 2.99. The first-order valence-corrected chi connectivity index (χ1v) is 13.8. The number of nitrogens with zero attached hydrogens (tertiary/aromatic N) is 2. The molecule has 1 aromatic heterocycles. The van der Waals surface area contributed by atoms with E-state index in [9.17, 15) is 19.2 Å². The van der Waals surface area contributed by atoms with Crippen LogP contribution in [0.1, 0.15) is 104 Å². The van der Waals surface area contributed by atoms with Gasteiger partial charge in [0.25, 0.3) is 0 Å². The first-order chi connectivity index (χ1) is 18.2. The van der Waals surface area contributed by atoms with Crippen LogP contribution in [-0.2, 0) is 18.9 Å². The van der Waals surface area contributed by atoms with Crippen molar-refractivity contribution < 1.29 is 38.1 Å². The summed E-state index contributed by atoms with van der Waals surface area (Å²) in [5.74, 6) is -1.11. The molecule has 0 radical (unpaired) electrons. The Balaban J connectivity index is 3.11. The Morgan fingerprint density at radius 1 is 0.950 bits per heavy atom.